The third-order valence-electron chi connectivity index (χ3n) is 3.06. The van der Waals surface area contributed by atoms with Crippen LogP contribution in [0.3, 0.4) is 0 Å². The lowest BCUT2D eigenvalue weighted by Crippen LogP contribution is -2.25. The van der Waals surface area contributed by atoms with Crippen LogP contribution < -0.4 is 0 Å². The van der Waals surface area contributed by atoms with Crippen molar-refractivity contribution < 1.29 is 14.3 Å². The number of benzene rings is 1. The molecule has 0 amide bonds. The minimum Gasteiger partial charge on any atom is -0.469 e. The van der Waals surface area contributed by atoms with Crippen LogP contribution in [0, 0.1) is 5.92 Å². The smallest absolute Gasteiger partial charge is 0.306 e. The van der Waals surface area contributed by atoms with Crippen LogP contribution in [0.4, 0.5) is 0 Å². The van der Waals surface area contributed by atoms with E-state index in [1.54, 1.807) is 0 Å². The molecule has 84 valence electrons. The zero-order chi connectivity index (χ0) is 11.5. The van der Waals surface area contributed by atoms with Gasteiger partial charge in [0.15, 0.2) is 5.78 Å². The molecule has 1 atom stereocenters. The second-order valence-electron chi connectivity index (χ2n) is 4.04. The Bertz CT molecular complexity index is 423. The van der Waals surface area contributed by atoms with Crippen LogP contribution in [-0.2, 0) is 16.0 Å². The lowest BCUT2D eigenvalue weighted by atomic mass is 9.81. The Balaban J connectivity index is 2.18. The number of rotatable bonds is 2. The lowest BCUT2D eigenvalue weighted by Gasteiger charge is -2.22. The molecule has 0 saturated carbocycles. The maximum absolute atomic E-state index is 12.1. The number of esters is 1. The first-order valence-electron chi connectivity index (χ1n) is 5.41. The van der Waals surface area contributed by atoms with E-state index in [9.17, 15) is 9.59 Å². The number of fused-ring (bicyclic) bond motifs is 1. The van der Waals surface area contributed by atoms with Crippen molar-refractivity contribution in [1.29, 1.82) is 0 Å². The van der Waals surface area contributed by atoms with Crippen molar-refractivity contribution in [2.45, 2.75) is 19.3 Å². The van der Waals surface area contributed by atoms with Gasteiger partial charge in [0.2, 0.25) is 0 Å². The Hall–Kier alpha value is -1.64. The normalized spacial score (nSPS) is 19.1. The van der Waals surface area contributed by atoms with Crippen LogP contribution in [0.5, 0.6) is 0 Å². The van der Waals surface area contributed by atoms with Gasteiger partial charge in [0.1, 0.15) is 0 Å². The van der Waals surface area contributed by atoms with Crippen molar-refractivity contribution in [3.05, 3.63) is 35.4 Å². The molecule has 0 bridgehead atoms. The van der Waals surface area contributed by atoms with Gasteiger partial charge in [-0.3, -0.25) is 9.59 Å². The Kier molecular flexibility index (Phi) is 3.04. The van der Waals surface area contributed by atoms with Crippen LogP contribution in [0.1, 0.15) is 28.8 Å². The highest BCUT2D eigenvalue weighted by Gasteiger charge is 2.28. The maximum Gasteiger partial charge on any atom is 0.306 e. The van der Waals surface area contributed by atoms with Crippen molar-refractivity contribution in [2.75, 3.05) is 7.11 Å². The number of hydrogen-bond donors (Lipinski definition) is 0. The number of carbonyl (C=O) groups is 2. The SMILES string of the molecule is COC(=O)C[C@H]1CCc2ccccc2C1=O. The molecule has 0 spiro atoms. The first-order chi connectivity index (χ1) is 7.72. The van der Waals surface area contributed by atoms with Crippen molar-refractivity contribution in [1.82, 2.24) is 0 Å². The lowest BCUT2D eigenvalue weighted by molar-refractivity contribution is -0.141. The van der Waals surface area contributed by atoms with E-state index in [1.807, 2.05) is 24.3 Å². The molecule has 1 aromatic carbocycles. The highest BCUT2D eigenvalue weighted by atomic mass is 16.5. The predicted octanol–water partition coefficient (Wildman–Crippen LogP) is 1.99. The topological polar surface area (TPSA) is 43.4 Å². The van der Waals surface area contributed by atoms with Crippen LogP contribution in [0.2, 0.25) is 0 Å². The fraction of sp³-hybridized carbons (Fsp3) is 0.385. The number of ketones is 1. The summed E-state index contributed by atoms with van der Waals surface area (Å²) in [7, 11) is 1.35. The molecule has 0 unspecified atom stereocenters. The van der Waals surface area contributed by atoms with Gasteiger partial charge in [-0.05, 0) is 18.4 Å². The van der Waals surface area contributed by atoms with E-state index in [0.717, 1.165) is 24.0 Å². The quantitative estimate of drug-likeness (QED) is 0.713. The second kappa shape index (κ2) is 4.47. The largest absolute Gasteiger partial charge is 0.469 e. The highest BCUT2D eigenvalue weighted by Crippen LogP contribution is 2.27. The fourth-order valence-electron chi connectivity index (χ4n) is 2.14. The van der Waals surface area contributed by atoms with Gasteiger partial charge in [0, 0.05) is 11.5 Å². The third kappa shape index (κ3) is 1.98. The fourth-order valence-corrected chi connectivity index (χ4v) is 2.14. The molecule has 1 aliphatic carbocycles. The number of methoxy groups -OCH3 is 1. The van der Waals surface area contributed by atoms with E-state index in [0.29, 0.717) is 0 Å². The van der Waals surface area contributed by atoms with Crippen LogP contribution in [-0.4, -0.2) is 18.9 Å². The third-order valence-corrected chi connectivity index (χ3v) is 3.06. The van der Waals surface area contributed by atoms with Crippen LogP contribution in [0.15, 0.2) is 24.3 Å². The minimum atomic E-state index is -0.308. The van der Waals surface area contributed by atoms with Gasteiger partial charge >= 0.3 is 5.97 Å². The van der Waals surface area contributed by atoms with Gasteiger partial charge in [0.25, 0.3) is 0 Å². The summed E-state index contributed by atoms with van der Waals surface area (Å²) in [5.41, 5.74) is 1.86. The zero-order valence-electron chi connectivity index (χ0n) is 9.23. The van der Waals surface area contributed by atoms with Gasteiger partial charge in [-0.2, -0.15) is 0 Å². The molecule has 0 fully saturated rings. The Morgan fingerprint density at radius 3 is 2.94 bits per heavy atom. The monoisotopic (exact) mass is 218 g/mol. The number of ether oxygens (including phenoxy) is 1. The summed E-state index contributed by atoms with van der Waals surface area (Å²) in [6.07, 6.45) is 1.80. The van der Waals surface area contributed by atoms with Crippen molar-refractivity contribution in [2.24, 2.45) is 5.92 Å². The summed E-state index contributed by atoms with van der Waals surface area (Å²) in [5.74, 6) is -0.438. The number of aryl methyl sites for hydroxylation is 1. The average Bonchev–Trinajstić information content (AvgIpc) is 2.33. The molecule has 0 aromatic heterocycles. The molecule has 3 heteroatoms. The zero-order valence-corrected chi connectivity index (χ0v) is 9.23. The molecule has 0 N–H and O–H groups in total. The first kappa shape index (κ1) is 10.9. The van der Waals surface area contributed by atoms with Gasteiger partial charge < -0.3 is 4.74 Å². The average molecular weight is 218 g/mol. The van der Waals surface area contributed by atoms with Crippen molar-refractivity contribution >= 4 is 11.8 Å². The van der Waals surface area contributed by atoms with E-state index < -0.39 is 0 Å². The number of carbonyl (C=O) groups excluding carboxylic acids is 2. The summed E-state index contributed by atoms with van der Waals surface area (Å²) in [6, 6.07) is 7.60. The predicted molar refractivity (Wildman–Crippen MR) is 59.2 cm³/mol. The molecule has 1 aromatic rings. The van der Waals surface area contributed by atoms with Crippen molar-refractivity contribution in [3.8, 4) is 0 Å². The second-order valence-corrected chi connectivity index (χ2v) is 4.04. The minimum absolute atomic E-state index is 0.0762. The molecule has 2 rings (SSSR count). The molecule has 0 saturated heterocycles. The standard InChI is InChI=1S/C13H14O3/c1-16-12(14)8-10-7-6-9-4-2-3-5-11(9)13(10)15/h2-5,10H,6-8H2,1H3/t10-/m1/s1. The molecule has 3 nitrogen and oxygen atoms in total. The van der Waals surface area contributed by atoms with E-state index in [1.165, 1.54) is 7.11 Å². The van der Waals surface area contributed by atoms with E-state index >= 15 is 0 Å². The summed E-state index contributed by atoms with van der Waals surface area (Å²) in [6.45, 7) is 0. The summed E-state index contributed by atoms with van der Waals surface area (Å²) in [5, 5.41) is 0. The van der Waals surface area contributed by atoms with Crippen LogP contribution in [0.25, 0.3) is 0 Å². The molecular weight excluding hydrogens is 204 g/mol. The molecule has 0 aliphatic heterocycles. The molecule has 0 heterocycles. The van der Waals surface area contributed by atoms with Crippen LogP contribution >= 0.6 is 0 Å². The number of hydrogen-bond acceptors (Lipinski definition) is 3. The summed E-state index contributed by atoms with van der Waals surface area (Å²) in [4.78, 5) is 23.2. The van der Waals surface area contributed by atoms with Gasteiger partial charge in [-0.1, -0.05) is 24.3 Å². The van der Waals surface area contributed by atoms with Gasteiger partial charge in [-0.15, -0.1) is 0 Å². The van der Waals surface area contributed by atoms with Crippen molar-refractivity contribution in [3.63, 3.8) is 0 Å². The maximum atomic E-state index is 12.1. The molecule has 0 radical (unpaired) electrons. The Labute approximate surface area is 94.4 Å². The highest BCUT2D eigenvalue weighted by molar-refractivity contribution is 6.01. The van der Waals surface area contributed by atoms with Gasteiger partial charge in [-0.25, -0.2) is 0 Å². The summed E-state index contributed by atoms with van der Waals surface area (Å²) >= 11 is 0. The summed E-state index contributed by atoms with van der Waals surface area (Å²) < 4.78 is 4.60. The molecular formula is C13H14O3. The van der Waals surface area contributed by atoms with Gasteiger partial charge in [0.05, 0.1) is 13.5 Å². The van der Waals surface area contributed by atoms with E-state index in [-0.39, 0.29) is 24.1 Å². The Morgan fingerprint density at radius 1 is 1.44 bits per heavy atom. The van der Waals surface area contributed by atoms with E-state index in [4.69, 9.17) is 0 Å². The number of Topliss-reactive ketones (excluding diaryl/α,β-unsaturated/α-hetero) is 1. The van der Waals surface area contributed by atoms with E-state index in [2.05, 4.69) is 4.74 Å². The molecule has 16 heavy (non-hydrogen) atoms. The molecule has 1 aliphatic rings. The first-order valence-corrected chi connectivity index (χ1v) is 5.41. The Morgan fingerprint density at radius 2 is 2.19 bits per heavy atom.